The molecule has 1 atom stereocenters. The van der Waals surface area contributed by atoms with Gasteiger partial charge < -0.3 is 13.8 Å². The van der Waals surface area contributed by atoms with E-state index in [1.54, 1.807) is 7.11 Å². The van der Waals surface area contributed by atoms with Gasteiger partial charge in [-0.25, -0.2) is 0 Å². The zero-order valence-corrected chi connectivity index (χ0v) is 9.07. The van der Waals surface area contributed by atoms with Gasteiger partial charge >= 0.3 is 0 Å². The summed E-state index contributed by atoms with van der Waals surface area (Å²) in [6, 6.07) is 0. The summed E-state index contributed by atoms with van der Waals surface area (Å²) in [6.07, 6.45) is 5.71. The summed E-state index contributed by atoms with van der Waals surface area (Å²) in [5.74, 6) is 0.582. The summed E-state index contributed by atoms with van der Waals surface area (Å²) < 4.78 is 16.1. The van der Waals surface area contributed by atoms with E-state index in [0.29, 0.717) is 12.6 Å². The molecule has 13 heavy (non-hydrogen) atoms. The van der Waals surface area contributed by atoms with Crippen molar-refractivity contribution in [3.63, 3.8) is 0 Å². The van der Waals surface area contributed by atoms with Crippen LogP contribution in [-0.2, 0) is 25.6 Å². The number of allylic oxidation sites excluding steroid dienone is 2. The molecule has 0 radical (unpaired) electrons. The van der Waals surface area contributed by atoms with Gasteiger partial charge in [0.05, 0.1) is 0 Å². The summed E-state index contributed by atoms with van der Waals surface area (Å²) in [6.45, 7) is -1.50. The predicted octanol–water partition coefficient (Wildman–Crippen LogP) is 2.16. The lowest BCUT2D eigenvalue weighted by molar-refractivity contribution is 0.111. The van der Waals surface area contributed by atoms with Crippen molar-refractivity contribution in [2.24, 2.45) is 0 Å². The molecule has 0 saturated carbocycles. The maximum atomic E-state index is 5.54. The normalized spacial score (nSPS) is 32.1. The first-order valence-corrected chi connectivity index (χ1v) is 6.93. The molecular weight excluding hydrogens is 207 g/mol. The van der Waals surface area contributed by atoms with Gasteiger partial charge in [0.25, 0.3) is 5.95 Å². The summed E-state index contributed by atoms with van der Waals surface area (Å²) in [5, 5.41) is 0. The topological polar surface area (TPSA) is 27.7 Å². The van der Waals surface area contributed by atoms with Gasteiger partial charge in [0, 0.05) is 18.8 Å². The summed E-state index contributed by atoms with van der Waals surface area (Å²) in [7, 11) is 1.60. The van der Waals surface area contributed by atoms with Crippen LogP contribution < -0.4 is 0 Å². The first kappa shape index (κ1) is 9.25. The van der Waals surface area contributed by atoms with Crippen molar-refractivity contribution in [1.82, 2.24) is 0 Å². The van der Waals surface area contributed by atoms with E-state index in [0.717, 1.165) is 18.2 Å². The molecule has 0 aliphatic carbocycles. The third-order valence-electron chi connectivity index (χ3n) is 2.05. The van der Waals surface area contributed by atoms with Crippen LogP contribution in [0.5, 0.6) is 0 Å². The number of rotatable bonds is 1. The average molecular weight is 218 g/mol. The molecule has 0 aromatic rings. The van der Waals surface area contributed by atoms with Crippen molar-refractivity contribution in [2.75, 3.05) is 19.9 Å². The highest BCUT2D eigenvalue weighted by molar-refractivity contribution is 8.10. The van der Waals surface area contributed by atoms with Crippen LogP contribution in [0.25, 0.3) is 0 Å². The van der Waals surface area contributed by atoms with Gasteiger partial charge in [0.1, 0.15) is 6.61 Å². The van der Waals surface area contributed by atoms with E-state index in [1.165, 1.54) is 0 Å². The number of hydrogen-bond donors (Lipinski definition) is 0. The molecule has 0 N–H and O–H groups in total. The highest BCUT2D eigenvalue weighted by Crippen LogP contribution is 2.54. The Hall–Kier alpha value is -0.310. The molecule has 5 heteroatoms. The summed E-state index contributed by atoms with van der Waals surface area (Å²) >= 11 is 5.25. The molecule has 72 valence electrons. The fraction of sp³-hybridized carbons (Fsp3) is 0.500. The van der Waals surface area contributed by atoms with Crippen molar-refractivity contribution >= 4 is 18.3 Å². The quantitative estimate of drug-likeness (QED) is 0.630. The van der Waals surface area contributed by atoms with Gasteiger partial charge in [-0.2, -0.15) is 0 Å². The molecule has 2 aliphatic rings. The SMILES string of the molecule is COP1(=S)CCC2=C(OCC=C2)O1. The summed E-state index contributed by atoms with van der Waals surface area (Å²) in [4.78, 5) is 0. The van der Waals surface area contributed by atoms with Crippen LogP contribution >= 0.6 is 6.49 Å². The van der Waals surface area contributed by atoms with Crippen molar-refractivity contribution in [1.29, 1.82) is 0 Å². The van der Waals surface area contributed by atoms with Gasteiger partial charge in [0.15, 0.2) is 0 Å². The molecule has 0 saturated heterocycles. The van der Waals surface area contributed by atoms with Gasteiger partial charge in [-0.1, -0.05) is 6.08 Å². The van der Waals surface area contributed by atoms with Crippen LogP contribution in [0.4, 0.5) is 0 Å². The summed E-state index contributed by atoms with van der Waals surface area (Å²) in [5.41, 5.74) is 1.10. The van der Waals surface area contributed by atoms with E-state index in [2.05, 4.69) is 0 Å². The Balaban J connectivity index is 2.23. The van der Waals surface area contributed by atoms with Crippen LogP contribution in [0.1, 0.15) is 6.42 Å². The van der Waals surface area contributed by atoms with Crippen molar-refractivity contribution in [3.05, 3.63) is 23.7 Å². The Morgan fingerprint density at radius 2 is 2.46 bits per heavy atom. The minimum absolute atomic E-state index is 0.567. The molecule has 0 aromatic heterocycles. The lowest BCUT2D eigenvalue weighted by Gasteiger charge is -2.29. The largest absolute Gasteiger partial charge is 0.461 e. The molecule has 2 heterocycles. The smallest absolute Gasteiger partial charge is 0.287 e. The molecule has 0 aromatic carbocycles. The lowest BCUT2D eigenvalue weighted by atomic mass is 10.2. The van der Waals surface area contributed by atoms with E-state index >= 15 is 0 Å². The third kappa shape index (κ3) is 1.80. The molecule has 2 rings (SSSR count). The fourth-order valence-corrected chi connectivity index (χ4v) is 3.07. The molecule has 3 nitrogen and oxygen atoms in total. The lowest BCUT2D eigenvalue weighted by Crippen LogP contribution is -2.12. The van der Waals surface area contributed by atoms with Crippen LogP contribution in [-0.4, -0.2) is 19.9 Å². The van der Waals surface area contributed by atoms with Crippen molar-refractivity contribution in [2.45, 2.75) is 6.42 Å². The van der Waals surface area contributed by atoms with Crippen LogP contribution in [0.15, 0.2) is 23.7 Å². The van der Waals surface area contributed by atoms with Gasteiger partial charge in [-0.3, -0.25) is 0 Å². The van der Waals surface area contributed by atoms with Crippen molar-refractivity contribution in [3.8, 4) is 0 Å². The molecule has 0 amide bonds. The number of hydrogen-bond acceptors (Lipinski definition) is 4. The molecular formula is C8H11O3PS. The first-order valence-electron chi connectivity index (χ1n) is 4.10. The second kappa shape index (κ2) is 3.45. The van der Waals surface area contributed by atoms with E-state index in [1.807, 2.05) is 12.2 Å². The van der Waals surface area contributed by atoms with E-state index in [-0.39, 0.29) is 0 Å². The molecule has 0 spiro atoms. The Morgan fingerprint density at radius 3 is 3.23 bits per heavy atom. The van der Waals surface area contributed by atoms with Crippen molar-refractivity contribution < 1.29 is 13.8 Å². The monoisotopic (exact) mass is 218 g/mol. The molecule has 0 bridgehead atoms. The molecule has 2 aliphatic heterocycles. The van der Waals surface area contributed by atoms with Gasteiger partial charge in [0.2, 0.25) is 6.49 Å². The standard InChI is InChI=1S/C8H11O3PS/c1-9-12(13)6-4-7-3-2-5-10-8(7)11-12/h2-3H,4-6H2,1H3. The third-order valence-corrected chi connectivity index (χ3v) is 5.04. The highest BCUT2D eigenvalue weighted by Gasteiger charge is 2.29. The van der Waals surface area contributed by atoms with Crippen LogP contribution in [0.2, 0.25) is 0 Å². The Kier molecular flexibility index (Phi) is 2.45. The maximum absolute atomic E-state index is 5.54. The first-order chi connectivity index (χ1) is 6.23. The van der Waals surface area contributed by atoms with E-state index in [4.69, 9.17) is 25.6 Å². The second-order valence-corrected chi connectivity index (χ2v) is 6.77. The molecule has 1 unspecified atom stereocenters. The Bertz CT molecular complexity index is 321. The Morgan fingerprint density at radius 1 is 1.62 bits per heavy atom. The molecule has 0 fully saturated rings. The van der Waals surface area contributed by atoms with Gasteiger partial charge in [-0.15, -0.1) is 0 Å². The second-order valence-electron chi connectivity index (χ2n) is 2.88. The van der Waals surface area contributed by atoms with E-state index < -0.39 is 6.49 Å². The number of ether oxygens (including phenoxy) is 1. The predicted molar refractivity (Wildman–Crippen MR) is 54.0 cm³/mol. The fourth-order valence-electron chi connectivity index (χ4n) is 1.30. The van der Waals surface area contributed by atoms with Crippen LogP contribution in [0.3, 0.4) is 0 Å². The van der Waals surface area contributed by atoms with Gasteiger partial charge in [-0.05, 0) is 24.3 Å². The minimum atomic E-state index is -2.07. The van der Waals surface area contributed by atoms with Crippen LogP contribution in [0, 0.1) is 0 Å². The highest BCUT2D eigenvalue weighted by atomic mass is 32.5. The minimum Gasteiger partial charge on any atom is -0.461 e. The zero-order chi connectivity index (χ0) is 9.31. The maximum Gasteiger partial charge on any atom is 0.287 e. The van der Waals surface area contributed by atoms with E-state index in [9.17, 15) is 0 Å². The Labute approximate surface area is 82.5 Å². The average Bonchev–Trinajstić information content (AvgIpc) is 2.18. The zero-order valence-electron chi connectivity index (χ0n) is 7.36.